The van der Waals surface area contributed by atoms with Crippen molar-refractivity contribution in [3.8, 4) is 0 Å². The van der Waals surface area contributed by atoms with Gasteiger partial charge in [-0.05, 0) is 31.2 Å². The first-order chi connectivity index (χ1) is 10.3. The third-order valence-corrected chi connectivity index (χ3v) is 4.52. The van der Waals surface area contributed by atoms with Gasteiger partial charge in [0.1, 0.15) is 0 Å². The molecule has 1 saturated heterocycles. The Labute approximate surface area is 150 Å². The Morgan fingerprint density at radius 3 is 2.68 bits per heavy atom. The molecule has 0 spiro atoms. The number of hydrogen-bond acceptors (Lipinski definition) is 2. The molecule has 2 atom stereocenters. The molecule has 22 heavy (non-hydrogen) atoms. The van der Waals surface area contributed by atoms with E-state index in [-0.39, 0.29) is 30.1 Å². The van der Waals surface area contributed by atoms with Gasteiger partial charge in [-0.15, -0.1) is 24.0 Å². The van der Waals surface area contributed by atoms with Gasteiger partial charge in [0.15, 0.2) is 5.96 Å². The highest BCUT2D eigenvalue weighted by atomic mass is 127. The predicted molar refractivity (Wildman–Crippen MR) is 101 cm³/mol. The van der Waals surface area contributed by atoms with Crippen LogP contribution in [0.15, 0.2) is 35.3 Å². The van der Waals surface area contributed by atoms with Crippen molar-refractivity contribution in [2.45, 2.75) is 37.8 Å². The van der Waals surface area contributed by atoms with Crippen LogP contribution in [-0.2, 0) is 4.74 Å². The molecule has 1 heterocycles. The summed E-state index contributed by atoms with van der Waals surface area (Å²) in [6.45, 7) is 1.60. The van der Waals surface area contributed by atoms with Crippen molar-refractivity contribution >= 4 is 29.9 Å². The minimum absolute atomic E-state index is 0. The summed E-state index contributed by atoms with van der Waals surface area (Å²) in [7, 11) is 2.04. The zero-order valence-electron chi connectivity index (χ0n) is 13.1. The van der Waals surface area contributed by atoms with Crippen molar-refractivity contribution in [2.75, 3.05) is 20.2 Å². The fourth-order valence-electron chi connectivity index (χ4n) is 3.01. The summed E-state index contributed by atoms with van der Waals surface area (Å²) in [5.74, 6) is 1.10. The maximum absolute atomic E-state index is 6.09. The average molecular weight is 415 g/mol. The Bertz CT molecular complexity index is 490. The van der Waals surface area contributed by atoms with Crippen molar-refractivity contribution in [1.82, 2.24) is 4.90 Å². The van der Waals surface area contributed by atoms with Gasteiger partial charge in [0.05, 0.1) is 6.10 Å². The molecule has 0 radical (unpaired) electrons. The molecule has 1 aromatic rings. The van der Waals surface area contributed by atoms with E-state index in [1.165, 1.54) is 18.4 Å². The number of guanidine groups is 1. The number of nitrogens with zero attached hydrogens (tertiary/aromatic N) is 2. The van der Waals surface area contributed by atoms with E-state index in [0.717, 1.165) is 26.0 Å². The Morgan fingerprint density at radius 2 is 2.00 bits per heavy atom. The second-order valence-corrected chi connectivity index (χ2v) is 6.15. The molecule has 2 aliphatic rings. The molecule has 2 N–H and O–H groups in total. The van der Waals surface area contributed by atoms with Crippen molar-refractivity contribution in [1.29, 1.82) is 0 Å². The van der Waals surface area contributed by atoms with E-state index in [2.05, 4.69) is 34.2 Å². The topological polar surface area (TPSA) is 50.8 Å². The number of aliphatic imine (C=N–C) groups is 1. The van der Waals surface area contributed by atoms with Gasteiger partial charge >= 0.3 is 0 Å². The van der Waals surface area contributed by atoms with E-state index in [4.69, 9.17) is 10.5 Å². The number of halogens is 1. The Balaban J connectivity index is 0.00000176. The summed E-state index contributed by atoms with van der Waals surface area (Å²) >= 11 is 0. The van der Waals surface area contributed by atoms with Crippen LogP contribution in [0.4, 0.5) is 0 Å². The lowest BCUT2D eigenvalue weighted by atomic mass is 9.89. The number of benzene rings is 1. The number of rotatable bonds is 4. The Kier molecular flexibility index (Phi) is 6.50. The van der Waals surface area contributed by atoms with Crippen LogP contribution in [0.1, 0.15) is 37.4 Å². The summed E-state index contributed by atoms with van der Waals surface area (Å²) in [6, 6.07) is 11.1. The van der Waals surface area contributed by atoms with E-state index < -0.39 is 0 Å². The van der Waals surface area contributed by atoms with Gasteiger partial charge in [0.25, 0.3) is 0 Å². The number of hydrogen-bond donors (Lipinski definition) is 1. The Hall–Kier alpha value is -0.820. The van der Waals surface area contributed by atoms with Crippen LogP contribution >= 0.6 is 24.0 Å². The zero-order chi connectivity index (χ0) is 14.7. The van der Waals surface area contributed by atoms with Crippen LogP contribution in [0, 0.1) is 5.92 Å². The third-order valence-electron chi connectivity index (χ3n) is 4.52. The maximum atomic E-state index is 6.09. The van der Waals surface area contributed by atoms with Crippen LogP contribution < -0.4 is 5.73 Å². The normalized spacial score (nSPS) is 25.4. The van der Waals surface area contributed by atoms with Gasteiger partial charge in [0, 0.05) is 32.2 Å². The molecule has 0 bridgehead atoms. The number of nitrogens with two attached hydrogens (primary N) is 1. The van der Waals surface area contributed by atoms with E-state index in [9.17, 15) is 0 Å². The molecule has 0 amide bonds. The average Bonchev–Trinajstić information content (AvgIpc) is 3.38. The largest absolute Gasteiger partial charge is 0.373 e. The van der Waals surface area contributed by atoms with E-state index >= 15 is 0 Å². The summed E-state index contributed by atoms with van der Waals surface area (Å²) in [5.41, 5.74) is 7.35. The monoisotopic (exact) mass is 415 g/mol. The lowest BCUT2D eigenvalue weighted by Crippen LogP contribution is -2.36. The molecule has 2 fully saturated rings. The lowest BCUT2D eigenvalue weighted by molar-refractivity contribution is -0.0250. The highest BCUT2D eigenvalue weighted by Crippen LogP contribution is 2.33. The highest BCUT2D eigenvalue weighted by molar-refractivity contribution is 14.0. The third kappa shape index (κ3) is 4.35. The van der Waals surface area contributed by atoms with Crippen molar-refractivity contribution < 1.29 is 4.74 Å². The molecule has 1 saturated carbocycles. The van der Waals surface area contributed by atoms with Gasteiger partial charge < -0.3 is 15.4 Å². The molecule has 1 aromatic carbocycles. The van der Waals surface area contributed by atoms with Gasteiger partial charge in [0.2, 0.25) is 0 Å². The van der Waals surface area contributed by atoms with Crippen molar-refractivity contribution in [3.05, 3.63) is 35.9 Å². The second-order valence-electron chi connectivity index (χ2n) is 6.15. The lowest BCUT2D eigenvalue weighted by Gasteiger charge is -2.31. The van der Waals surface area contributed by atoms with Gasteiger partial charge in [-0.1, -0.05) is 30.3 Å². The highest BCUT2D eigenvalue weighted by Gasteiger charge is 2.29. The quantitative estimate of drug-likeness (QED) is 0.467. The van der Waals surface area contributed by atoms with Crippen molar-refractivity contribution in [3.63, 3.8) is 0 Å². The molecule has 122 valence electrons. The minimum atomic E-state index is 0. The molecule has 1 aliphatic heterocycles. The van der Waals surface area contributed by atoms with Crippen LogP contribution in [-0.4, -0.2) is 37.1 Å². The standard InChI is InChI=1S/C17H25N3O.HI/c1-20(15-9-10-15)17(18)19-12-14-8-5-11-21-16(14)13-6-3-2-4-7-13;/h2-4,6-7,14-16H,5,8-12H2,1H3,(H2,18,19);1H. The first kappa shape index (κ1) is 17.5. The molecule has 1 aliphatic carbocycles. The fourth-order valence-corrected chi connectivity index (χ4v) is 3.01. The van der Waals surface area contributed by atoms with Crippen LogP contribution in [0.25, 0.3) is 0 Å². The first-order valence-electron chi connectivity index (χ1n) is 7.95. The smallest absolute Gasteiger partial charge is 0.191 e. The fraction of sp³-hybridized carbons (Fsp3) is 0.588. The molecule has 3 rings (SSSR count). The van der Waals surface area contributed by atoms with E-state index in [0.29, 0.717) is 17.9 Å². The first-order valence-corrected chi connectivity index (χ1v) is 7.95. The number of ether oxygens (including phenoxy) is 1. The summed E-state index contributed by atoms with van der Waals surface area (Å²) in [6.07, 6.45) is 4.91. The summed E-state index contributed by atoms with van der Waals surface area (Å²) in [4.78, 5) is 6.74. The molecule has 2 unspecified atom stereocenters. The maximum Gasteiger partial charge on any atom is 0.191 e. The SMILES string of the molecule is CN(C(N)=NCC1CCCOC1c1ccccc1)C1CC1.I. The summed E-state index contributed by atoms with van der Waals surface area (Å²) < 4.78 is 6.01. The molecule has 0 aromatic heterocycles. The van der Waals surface area contributed by atoms with Gasteiger partial charge in [-0.3, -0.25) is 4.99 Å². The molecule has 4 nitrogen and oxygen atoms in total. The molecule has 5 heteroatoms. The van der Waals surface area contributed by atoms with E-state index in [1.54, 1.807) is 0 Å². The summed E-state index contributed by atoms with van der Waals surface area (Å²) in [5, 5.41) is 0. The second kappa shape index (κ2) is 8.15. The predicted octanol–water partition coefficient (Wildman–Crippen LogP) is 3.18. The van der Waals surface area contributed by atoms with Crippen LogP contribution in [0.2, 0.25) is 0 Å². The van der Waals surface area contributed by atoms with Crippen LogP contribution in [0.5, 0.6) is 0 Å². The zero-order valence-corrected chi connectivity index (χ0v) is 15.5. The van der Waals surface area contributed by atoms with E-state index in [1.807, 2.05) is 13.1 Å². The Morgan fingerprint density at radius 1 is 1.27 bits per heavy atom. The molecular weight excluding hydrogens is 389 g/mol. The molecular formula is C17H26IN3O. The minimum Gasteiger partial charge on any atom is -0.373 e. The van der Waals surface area contributed by atoms with Crippen molar-refractivity contribution in [2.24, 2.45) is 16.6 Å². The van der Waals surface area contributed by atoms with Gasteiger partial charge in [-0.25, -0.2) is 0 Å². The van der Waals surface area contributed by atoms with Gasteiger partial charge in [-0.2, -0.15) is 0 Å². The van der Waals surface area contributed by atoms with Crippen LogP contribution in [0.3, 0.4) is 0 Å².